The smallest absolute Gasteiger partial charge is 0.259 e. The standard InChI is InChI=1S/C12H17N3O4S/c1-9-7-11(16)10(8-13-9)12(17)14-3-5-15(6-4-14)20(2,18)19/h7-8H,3-6H2,1-2H3,(H,13,16). The van der Waals surface area contributed by atoms with Gasteiger partial charge in [0.1, 0.15) is 5.56 Å². The quantitative estimate of drug-likeness (QED) is 0.789. The molecule has 2 rings (SSSR count). The normalized spacial score (nSPS) is 17.2. The lowest BCUT2D eigenvalue weighted by Crippen LogP contribution is -2.50. The van der Waals surface area contributed by atoms with Gasteiger partial charge in [-0.15, -0.1) is 0 Å². The molecule has 1 fully saturated rings. The van der Waals surface area contributed by atoms with Gasteiger partial charge in [0.25, 0.3) is 5.91 Å². The fourth-order valence-electron chi connectivity index (χ4n) is 2.13. The molecule has 0 bridgehead atoms. The Hall–Kier alpha value is -1.67. The van der Waals surface area contributed by atoms with Crippen molar-refractivity contribution in [3.05, 3.63) is 33.7 Å². The van der Waals surface area contributed by atoms with Crippen LogP contribution < -0.4 is 5.43 Å². The Bertz CT molecular complexity index is 672. The van der Waals surface area contributed by atoms with Crippen molar-refractivity contribution in [1.29, 1.82) is 0 Å². The Morgan fingerprint density at radius 2 is 1.85 bits per heavy atom. The van der Waals surface area contributed by atoms with Crippen LogP contribution in [0.5, 0.6) is 0 Å². The van der Waals surface area contributed by atoms with Crippen molar-refractivity contribution in [3.8, 4) is 0 Å². The van der Waals surface area contributed by atoms with Gasteiger partial charge < -0.3 is 9.88 Å². The number of aromatic amines is 1. The van der Waals surface area contributed by atoms with Gasteiger partial charge in [0.2, 0.25) is 10.0 Å². The molecule has 1 saturated heterocycles. The van der Waals surface area contributed by atoms with Crippen LogP contribution in [0.4, 0.5) is 0 Å². The lowest BCUT2D eigenvalue weighted by molar-refractivity contribution is 0.0696. The lowest BCUT2D eigenvalue weighted by atomic mass is 10.2. The first kappa shape index (κ1) is 14.7. The highest BCUT2D eigenvalue weighted by molar-refractivity contribution is 7.88. The Labute approximate surface area is 117 Å². The second kappa shape index (κ2) is 5.37. The van der Waals surface area contributed by atoms with Crippen molar-refractivity contribution in [3.63, 3.8) is 0 Å². The van der Waals surface area contributed by atoms with Gasteiger partial charge in [0.15, 0.2) is 5.43 Å². The monoisotopic (exact) mass is 299 g/mol. The number of nitrogens with zero attached hydrogens (tertiary/aromatic N) is 2. The first-order valence-corrected chi connectivity index (χ1v) is 8.07. The highest BCUT2D eigenvalue weighted by Gasteiger charge is 2.27. The fourth-order valence-corrected chi connectivity index (χ4v) is 2.96. The minimum atomic E-state index is -3.23. The summed E-state index contributed by atoms with van der Waals surface area (Å²) in [5.41, 5.74) is 0.452. The average molecular weight is 299 g/mol. The van der Waals surface area contributed by atoms with E-state index in [9.17, 15) is 18.0 Å². The third-order valence-electron chi connectivity index (χ3n) is 3.28. The Kier molecular flexibility index (Phi) is 3.96. The second-order valence-electron chi connectivity index (χ2n) is 4.85. The van der Waals surface area contributed by atoms with E-state index in [1.807, 2.05) is 0 Å². The van der Waals surface area contributed by atoms with Gasteiger partial charge in [-0.2, -0.15) is 4.31 Å². The molecule has 1 N–H and O–H groups in total. The van der Waals surface area contributed by atoms with Crippen molar-refractivity contribution in [1.82, 2.24) is 14.2 Å². The number of aryl methyl sites for hydroxylation is 1. The van der Waals surface area contributed by atoms with Gasteiger partial charge in [0.05, 0.1) is 6.26 Å². The molecule has 0 saturated carbocycles. The summed E-state index contributed by atoms with van der Waals surface area (Å²) >= 11 is 0. The maximum absolute atomic E-state index is 12.2. The Morgan fingerprint density at radius 3 is 2.35 bits per heavy atom. The van der Waals surface area contributed by atoms with Crippen molar-refractivity contribution in [2.24, 2.45) is 0 Å². The van der Waals surface area contributed by atoms with Crippen LogP contribution in [0.2, 0.25) is 0 Å². The van der Waals surface area contributed by atoms with Crippen LogP contribution in [0.1, 0.15) is 16.1 Å². The summed E-state index contributed by atoms with van der Waals surface area (Å²) in [6.07, 6.45) is 2.55. The van der Waals surface area contributed by atoms with E-state index in [0.717, 1.165) is 6.26 Å². The number of sulfonamides is 1. The van der Waals surface area contributed by atoms with E-state index in [-0.39, 0.29) is 30.0 Å². The molecular weight excluding hydrogens is 282 g/mol. The van der Waals surface area contributed by atoms with Crippen LogP contribution in [0.25, 0.3) is 0 Å². The van der Waals surface area contributed by atoms with Gasteiger partial charge in [-0.1, -0.05) is 0 Å². The zero-order valence-electron chi connectivity index (χ0n) is 11.4. The molecular formula is C12H17N3O4S. The molecule has 0 radical (unpaired) electrons. The number of hydrogen-bond acceptors (Lipinski definition) is 4. The SMILES string of the molecule is Cc1cc(=O)c(C(=O)N2CCN(S(C)(=O)=O)CC2)c[nH]1. The first-order chi connectivity index (χ1) is 9.29. The number of H-pyrrole nitrogens is 1. The number of piperazine rings is 1. The summed E-state index contributed by atoms with van der Waals surface area (Å²) in [5, 5.41) is 0. The summed E-state index contributed by atoms with van der Waals surface area (Å²) in [4.78, 5) is 28.3. The predicted molar refractivity (Wildman–Crippen MR) is 74.1 cm³/mol. The number of nitrogens with one attached hydrogen (secondary N) is 1. The van der Waals surface area contributed by atoms with Crippen molar-refractivity contribution < 1.29 is 13.2 Å². The molecule has 0 aliphatic carbocycles. The van der Waals surface area contributed by atoms with Crippen LogP contribution >= 0.6 is 0 Å². The molecule has 1 aromatic heterocycles. The molecule has 0 atom stereocenters. The minimum Gasteiger partial charge on any atom is -0.364 e. The van der Waals surface area contributed by atoms with Crippen LogP contribution in [0.15, 0.2) is 17.1 Å². The molecule has 1 aromatic rings. The lowest BCUT2D eigenvalue weighted by Gasteiger charge is -2.33. The number of carbonyl (C=O) groups excluding carboxylic acids is 1. The average Bonchev–Trinajstić information content (AvgIpc) is 2.37. The molecule has 20 heavy (non-hydrogen) atoms. The molecule has 8 heteroatoms. The fraction of sp³-hybridized carbons (Fsp3) is 0.500. The number of hydrogen-bond donors (Lipinski definition) is 1. The van der Waals surface area contributed by atoms with Gasteiger partial charge >= 0.3 is 0 Å². The molecule has 1 aliphatic heterocycles. The van der Waals surface area contributed by atoms with Crippen molar-refractivity contribution in [2.45, 2.75) is 6.92 Å². The van der Waals surface area contributed by atoms with Gasteiger partial charge in [-0.3, -0.25) is 9.59 Å². The number of aromatic nitrogens is 1. The van der Waals surface area contributed by atoms with Crippen LogP contribution in [0, 0.1) is 6.92 Å². The van der Waals surface area contributed by atoms with E-state index in [2.05, 4.69) is 4.98 Å². The number of rotatable bonds is 2. The number of amides is 1. The van der Waals surface area contributed by atoms with Gasteiger partial charge in [-0.25, -0.2) is 8.42 Å². The zero-order chi connectivity index (χ0) is 14.9. The van der Waals surface area contributed by atoms with Crippen LogP contribution in [0.3, 0.4) is 0 Å². The minimum absolute atomic E-state index is 0.0865. The summed E-state index contributed by atoms with van der Waals surface area (Å²) in [5.74, 6) is -0.362. The number of carbonyl (C=O) groups is 1. The van der Waals surface area contributed by atoms with Gasteiger partial charge in [-0.05, 0) is 6.92 Å². The van der Waals surface area contributed by atoms with E-state index in [1.54, 1.807) is 6.92 Å². The molecule has 0 spiro atoms. The van der Waals surface area contributed by atoms with Crippen molar-refractivity contribution in [2.75, 3.05) is 32.4 Å². The Morgan fingerprint density at radius 1 is 1.25 bits per heavy atom. The zero-order valence-corrected chi connectivity index (χ0v) is 12.2. The molecule has 1 amide bonds. The Balaban J connectivity index is 2.11. The first-order valence-electron chi connectivity index (χ1n) is 6.23. The highest BCUT2D eigenvalue weighted by atomic mass is 32.2. The summed E-state index contributed by atoms with van der Waals surface area (Å²) < 4.78 is 24.1. The van der Waals surface area contributed by atoms with E-state index >= 15 is 0 Å². The predicted octanol–water partition coefficient (Wildman–Crippen LogP) is -0.599. The summed E-state index contributed by atoms with van der Waals surface area (Å²) in [7, 11) is -3.23. The van der Waals surface area contributed by atoms with E-state index in [4.69, 9.17) is 0 Å². The summed E-state index contributed by atoms with van der Waals surface area (Å²) in [6.45, 7) is 2.83. The molecule has 110 valence electrons. The molecule has 1 aliphatic rings. The number of pyridine rings is 1. The highest BCUT2D eigenvalue weighted by Crippen LogP contribution is 2.08. The van der Waals surface area contributed by atoms with E-state index in [0.29, 0.717) is 18.8 Å². The van der Waals surface area contributed by atoms with Crippen LogP contribution in [-0.4, -0.2) is 60.9 Å². The topological polar surface area (TPSA) is 90.6 Å². The third kappa shape index (κ3) is 3.07. The van der Waals surface area contributed by atoms with E-state index < -0.39 is 10.0 Å². The largest absolute Gasteiger partial charge is 0.364 e. The maximum atomic E-state index is 12.2. The second-order valence-corrected chi connectivity index (χ2v) is 6.83. The van der Waals surface area contributed by atoms with Gasteiger partial charge in [0, 0.05) is 44.1 Å². The molecule has 0 aromatic carbocycles. The molecule has 0 unspecified atom stereocenters. The molecule has 7 nitrogen and oxygen atoms in total. The summed E-state index contributed by atoms with van der Waals surface area (Å²) in [6, 6.07) is 1.37. The van der Waals surface area contributed by atoms with Crippen LogP contribution in [-0.2, 0) is 10.0 Å². The maximum Gasteiger partial charge on any atom is 0.259 e. The van der Waals surface area contributed by atoms with E-state index in [1.165, 1.54) is 21.5 Å². The molecule has 2 heterocycles. The third-order valence-corrected chi connectivity index (χ3v) is 4.59. The van der Waals surface area contributed by atoms with Crippen molar-refractivity contribution >= 4 is 15.9 Å².